The predicted molar refractivity (Wildman–Crippen MR) is 113 cm³/mol. The molecule has 0 radical (unpaired) electrons. The molecule has 0 spiro atoms. The van der Waals surface area contributed by atoms with Gasteiger partial charge in [-0.2, -0.15) is 0 Å². The summed E-state index contributed by atoms with van der Waals surface area (Å²) in [5, 5.41) is 43.5. The van der Waals surface area contributed by atoms with Crippen molar-refractivity contribution in [3.63, 3.8) is 0 Å². The molecule has 0 unspecified atom stereocenters. The van der Waals surface area contributed by atoms with Gasteiger partial charge < -0.3 is 26.2 Å². The fourth-order valence-electron chi connectivity index (χ4n) is 5.65. The van der Waals surface area contributed by atoms with Crippen LogP contribution in [0.4, 0.5) is 4.39 Å². The second kappa shape index (κ2) is 7.67. The molecule has 6 N–H and O–H groups in total. The Bertz CT molecular complexity index is 1150. The van der Waals surface area contributed by atoms with E-state index in [1.54, 1.807) is 18.7 Å². The zero-order valence-corrected chi connectivity index (χ0v) is 18.1. The van der Waals surface area contributed by atoms with Gasteiger partial charge in [0.15, 0.2) is 11.4 Å². The van der Waals surface area contributed by atoms with Crippen LogP contribution in [0.25, 0.3) is 5.76 Å². The van der Waals surface area contributed by atoms with Crippen LogP contribution in [0.3, 0.4) is 0 Å². The number of benzene rings is 1. The lowest BCUT2D eigenvalue weighted by Gasteiger charge is -2.51. The number of aromatic hydroxyl groups is 1. The topological polar surface area (TPSA) is 161 Å². The molecule has 1 aromatic carbocycles. The van der Waals surface area contributed by atoms with Crippen LogP contribution in [0.2, 0.25) is 0 Å². The summed E-state index contributed by atoms with van der Waals surface area (Å²) in [6.07, 6.45) is -0.140. The van der Waals surface area contributed by atoms with E-state index in [2.05, 4.69) is 0 Å². The quantitative estimate of drug-likeness (QED) is 0.414. The van der Waals surface area contributed by atoms with Crippen LogP contribution in [-0.2, 0) is 20.8 Å². The molecule has 1 saturated carbocycles. The number of hydrogen-bond acceptors (Lipinski definition) is 8. The van der Waals surface area contributed by atoms with Crippen molar-refractivity contribution >= 4 is 23.2 Å². The summed E-state index contributed by atoms with van der Waals surface area (Å²) in [4.78, 5) is 40.6. The number of aliphatic hydroxyl groups excluding tert-OH is 2. The van der Waals surface area contributed by atoms with Crippen molar-refractivity contribution in [2.24, 2.45) is 17.6 Å². The number of carbonyl (C=O) groups is 3. The van der Waals surface area contributed by atoms with Crippen LogP contribution < -0.4 is 5.73 Å². The smallest absolute Gasteiger partial charge is 0.255 e. The Balaban J connectivity index is 1.99. The summed E-state index contributed by atoms with van der Waals surface area (Å²) in [6, 6.07) is 0.935. The van der Waals surface area contributed by atoms with Gasteiger partial charge in [0.2, 0.25) is 5.78 Å². The molecule has 0 heterocycles. The summed E-state index contributed by atoms with van der Waals surface area (Å²) in [6.45, 7) is 4.19. The first-order chi connectivity index (χ1) is 15.5. The summed E-state index contributed by atoms with van der Waals surface area (Å²) >= 11 is 0. The van der Waals surface area contributed by atoms with Gasteiger partial charge in [-0.15, -0.1) is 0 Å². The third-order valence-electron chi connectivity index (χ3n) is 7.20. The average Bonchev–Trinajstić information content (AvgIpc) is 2.75. The molecular formula is C23H25FN2O7. The first-order valence-corrected chi connectivity index (χ1v) is 10.7. The number of phenolic OH excluding ortho intramolecular Hbond substituents is 1. The Morgan fingerprint density at radius 1 is 1.21 bits per heavy atom. The number of ketones is 2. The highest BCUT2D eigenvalue weighted by Crippen LogP contribution is 2.52. The van der Waals surface area contributed by atoms with Crippen LogP contribution in [-0.4, -0.2) is 67.5 Å². The molecule has 176 valence electrons. The zero-order chi connectivity index (χ0) is 24.4. The molecule has 33 heavy (non-hydrogen) atoms. The lowest BCUT2D eigenvalue weighted by molar-refractivity contribution is -0.154. The Morgan fingerprint density at radius 2 is 1.85 bits per heavy atom. The molecule has 9 nitrogen and oxygen atoms in total. The molecule has 0 aromatic heterocycles. The molecule has 3 aliphatic carbocycles. The van der Waals surface area contributed by atoms with E-state index in [4.69, 9.17) is 5.73 Å². The molecule has 0 bridgehead atoms. The molecule has 0 saturated heterocycles. The number of hydrogen-bond donors (Lipinski definition) is 5. The number of amides is 1. The maximum atomic E-state index is 14.5. The number of nitrogens with two attached hydrogens (primary N) is 1. The fourth-order valence-corrected chi connectivity index (χ4v) is 5.65. The van der Waals surface area contributed by atoms with Crippen LogP contribution in [0.5, 0.6) is 5.75 Å². The summed E-state index contributed by atoms with van der Waals surface area (Å²) < 4.78 is 14.5. The van der Waals surface area contributed by atoms with Crippen molar-refractivity contribution in [1.82, 2.24) is 4.90 Å². The van der Waals surface area contributed by atoms with Crippen LogP contribution >= 0.6 is 0 Å². The number of aliphatic hydroxyl groups is 3. The van der Waals surface area contributed by atoms with Gasteiger partial charge in [-0.3, -0.25) is 19.3 Å². The van der Waals surface area contributed by atoms with Crippen LogP contribution in [0.1, 0.15) is 31.4 Å². The van der Waals surface area contributed by atoms with Gasteiger partial charge in [0.25, 0.3) is 5.91 Å². The zero-order valence-electron chi connectivity index (χ0n) is 18.1. The van der Waals surface area contributed by atoms with Crippen LogP contribution in [0.15, 0.2) is 29.0 Å². The molecule has 10 heteroatoms. The molecule has 1 aromatic rings. The van der Waals surface area contributed by atoms with E-state index >= 15 is 0 Å². The highest BCUT2D eigenvalue weighted by atomic mass is 19.1. The number of halogens is 1. The van der Waals surface area contributed by atoms with E-state index in [1.807, 2.05) is 0 Å². The molecule has 4 atom stereocenters. The Kier molecular flexibility index (Phi) is 5.33. The number of fused-ring (bicyclic) bond motifs is 3. The average molecular weight is 460 g/mol. The normalized spacial score (nSPS) is 29.2. The van der Waals surface area contributed by atoms with E-state index in [1.165, 1.54) is 0 Å². The van der Waals surface area contributed by atoms with E-state index in [0.29, 0.717) is 13.1 Å². The van der Waals surface area contributed by atoms with Gasteiger partial charge in [-0.05, 0) is 44.0 Å². The van der Waals surface area contributed by atoms with Gasteiger partial charge in [0.05, 0.1) is 11.6 Å². The number of nitrogens with zero attached hydrogens (tertiary/aromatic N) is 1. The predicted octanol–water partition coefficient (Wildman–Crippen LogP) is 0.883. The second-order valence-corrected chi connectivity index (χ2v) is 8.64. The highest BCUT2D eigenvalue weighted by molar-refractivity contribution is 6.24. The molecule has 4 rings (SSSR count). The van der Waals surface area contributed by atoms with Crippen LogP contribution in [0, 0.1) is 17.7 Å². The fraction of sp³-hybridized carbons (Fsp3) is 0.435. The largest absolute Gasteiger partial charge is 0.508 e. The molecule has 0 aliphatic heterocycles. The standard InChI is InChI=1S/C23H25FN2O7/c1-3-26(4-2)17-11-8-9-7-10-12(24)5-6-13(27)15(10)18(28)14(9)20(30)23(11,33)21(31)16(19(17)29)22(25)32/h5-6,9,11,17,27-28,31,33H,3-4,7-8H2,1-2H3,(H2,25,32)/t9-,11-,17-,23-/m0/s1. The molecular weight excluding hydrogens is 435 g/mol. The van der Waals surface area contributed by atoms with Crippen molar-refractivity contribution in [3.8, 4) is 5.75 Å². The van der Waals surface area contributed by atoms with Crippen molar-refractivity contribution in [2.75, 3.05) is 13.1 Å². The van der Waals surface area contributed by atoms with Crippen molar-refractivity contribution in [1.29, 1.82) is 0 Å². The third kappa shape index (κ3) is 2.94. The van der Waals surface area contributed by atoms with Gasteiger partial charge in [-0.25, -0.2) is 4.39 Å². The number of phenols is 1. The summed E-state index contributed by atoms with van der Waals surface area (Å²) in [5.41, 5.74) is 1.21. The van der Waals surface area contributed by atoms with Gasteiger partial charge in [0, 0.05) is 17.1 Å². The molecule has 1 amide bonds. The van der Waals surface area contributed by atoms with E-state index in [0.717, 1.165) is 12.1 Å². The molecule has 3 aliphatic rings. The minimum absolute atomic E-state index is 0.0126. The molecule has 1 fully saturated rings. The second-order valence-electron chi connectivity index (χ2n) is 8.64. The first-order valence-electron chi connectivity index (χ1n) is 10.7. The lowest BCUT2D eigenvalue weighted by Crippen LogP contribution is -2.66. The highest BCUT2D eigenvalue weighted by Gasteiger charge is 2.64. The van der Waals surface area contributed by atoms with Gasteiger partial charge in [0.1, 0.15) is 28.7 Å². The van der Waals surface area contributed by atoms with E-state index in [-0.39, 0.29) is 29.5 Å². The van der Waals surface area contributed by atoms with Gasteiger partial charge in [-0.1, -0.05) is 13.8 Å². The number of Topliss-reactive ketones (excluding diaryl/α,β-unsaturated/α-hetero) is 2. The minimum Gasteiger partial charge on any atom is -0.508 e. The number of carbonyl (C=O) groups excluding carboxylic acids is 3. The van der Waals surface area contributed by atoms with Crippen molar-refractivity contribution in [3.05, 3.63) is 46.0 Å². The summed E-state index contributed by atoms with van der Waals surface area (Å²) in [7, 11) is 0. The SMILES string of the molecule is CCN(CC)[C@@H]1C(=O)C(C(N)=O)=C(O)[C@@]2(O)C(=O)C3=C(O)c4c(O)ccc(F)c4C[C@H]3C[C@@H]12. The maximum absolute atomic E-state index is 14.5. The van der Waals surface area contributed by atoms with E-state index in [9.17, 15) is 39.2 Å². The van der Waals surface area contributed by atoms with Crippen molar-refractivity contribution in [2.45, 2.75) is 38.3 Å². The minimum atomic E-state index is -2.70. The monoisotopic (exact) mass is 460 g/mol. The lowest BCUT2D eigenvalue weighted by atomic mass is 9.57. The third-order valence-corrected chi connectivity index (χ3v) is 7.20. The first kappa shape index (κ1) is 22.9. The number of primary amides is 1. The Labute approximate surface area is 188 Å². The van der Waals surface area contributed by atoms with E-state index < -0.39 is 69.6 Å². The number of likely N-dealkylation sites (N-methyl/N-ethyl adjacent to an activating group) is 1. The summed E-state index contributed by atoms with van der Waals surface area (Å²) in [5.74, 6) is -8.16. The van der Waals surface area contributed by atoms with Crippen molar-refractivity contribution < 1.29 is 39.2 Å². The maximum Gasteiger partial charge on any atom is 0.255 e. The Hall–Kier alpha value is -3.24. The number of rotatable bonds is 4. The van der Waals surface area contributed by atoms with Gasteiger partial charge >= 0.3 is 0 Å². The Morgan fingerprint density at radius 3 is 2.42 bits per heavy atom.